The molecule has 0 unspecified atom stereocenters. The van der Waals surface area contributed by atoms with E-state index in [1.54, 1.807) is 0 Å². The molecular formula is C22H28N4O. The number of piperidine rings is 1. The van der Waals surface area contributed by atoms with Gasteiger partial charge in [-0.1, -0.05) is 18.2 Å². The van der Waals surface area contributed by atoms with E-state index >= 15 is 0 Å². The minimum atomic E-state index is 0.126. The predicted molar refractivity (Wildman–Crippen MR) is 111 cm³/mol. The lowest BCUT2D eigenvalue weighted by Gasteiger charge is -2.26. The van der Waals surface area contributed by atoms with Gasteiger partial charge in [0.2, 0.25) is 0 Å². The zero-order chi connectivity index (χ0) is 19.2. The largest absolute Gasteiger partial charge is 0.370 e. The number of benzene rings is 2. The first-order chi connectivity index (χ1) is 13.0. The van der Waals surface area contributed by atoms with Gasteiger partial charge in [0.05, 0.1) is 6.54 Å². The lowest BCUT2D eigenvalue weighted by molar-refractivity contribution is 0.0724. The second-order valence-corrected chi connectivity index (χ2v) is 7.18. The molecule has 0 bridgehead atoms. The molecule has 27 heavy (non-hydrogen) atoms. The maximum Gasteiger partial charge on any atom is 0.253 e. The van der Waals surface area contributed by atoms with Gasteiger partial charge in [-0.05, 0) is 74.1 Å². The minimum absolute atomic E-state index is 0.126. The van der Waals surface area contributed by atoms with Gasteiger partial charge in [-0.15, -0.1) is 0 Å². The van der Waals surface area contributed by atoms with Crippen LogP contribution in [-0.4, -0.2) is 29.9 Å². The average Bonchev–Trinajstić information content (AvgIpc) is 2.70. The highest BCUT2D eigenvalue weighted by Crippen LogP contribution is 2.15. The Kier molecular flexibility index (Phi) is 6.12. The molecule has 0 saturated carbocycles. The number of hydrogen-bond donors (Lipinski definition) is 2. The molecule has 1 saturated heterocycles. The number of aryl methyl sites for hydroxylation is 2. The predicted octanol–water partition coefficient (Wildman–Crippen LogP) is 3.86. The van der Waals surface area contributed by atoms with E-state index in [-0.39, 0.29) is 5.91 Å². The highest BCUT2D eigenvalue weighted by Gasteiger charge is 2.17. The van der Waals surface area contributed by atoms with Crippen LogP contribution in [0.4, 0.5) is 5.69 Å². The summed E-state index contributed by atoms with van der Waals surface area (Å²) >= 11 is 0. The standard InChI is InChI=1S/C22H28N4O/c1-16-6-11-20(14-17(16)2)25-22(23)24-15-18-7-9-19(10-8-18)21(27)26-12-4-3-5-13-26/h6-11,14H,3-5,12-13,15H2,1-2H3,(H3,23,24,25). The molecule has 2 aromatic carbocycles. The number of anilines is 1. The smallest absolute Gasteiger partial charge is 0.253 e. The molecule has 1 heterocycles. The molecule has 1 amide bonds. The van der Waals surface area contributed by atoms with Crippen molar-refractivity contribution in [3.63, 3.8) is 0 Å². The number of nitrogens with one attached hydrogen (secondary N) is 1. The number of guanidine groups is 1. The first kappa shape index (κ1) is 19.0. The van der Waals surface area contributed by atoms with Crippen molar-refractivity contribution < 1.29 is 4.79 Å². The summed E-state index contributed by atoms with van der Waals surface area (Å²) in [5, 5.41) is 3.12. The summed E-state index contributed by atoms with van der Waals surface area (Å²) in [6.45, 7) is 6.36. The van der Waals surface area contributed by atoms with E-state index in [1.165, 1.54) is 17.5 Å². The molecule has 0 spiro atoms. The Hall–Kier alpha value is -2.82. The van der Waals surface area contributed by atoms with Crippen LogP contribution in [0.1, 0.15) is 46.3 Å². The Bertz CT molecular complexity index is 821. The third-order valence-corrected chi connectivity index (χ3v) is 5.06. The third kappa shape index (κ3) is 5.09. The molecule has 0 atom stereocenters. The number of nitrogens with zero attached hydrogens (tertiary/aromatic N) is 2. The van der Waals surface area contributed by atoms with Crippen LogP contribution in [0.25, 0.3) is 0 Å². The number of carbonyl (C=O) groups is 1. The molecular weight excluding hydrogens is 336 g/mol. The number of aliphatic imine (C=N–C) groups is 1. The van der Waals surface area contributed by atoms with Crippen LogP contribution < -0.4 is 11.1 Å². The van der Waals surface area contributed by atoms with Crippen molar-refractivity contribution in [2.24, 2.45) is 10.7 Å². The van der Waals surface area contributed by atoms with Crippen molar-refractivity contribution in [3.8, 4) is 0 Å². The fourth-order valence-electron chi connectivity index (χ4n) is 3.22. The first-order valence-corrected chi connectivity index (χ1v) is 9.55. The van der Waals surface area contributed by atoms with Gasteiger partial charge >= 0.3 is 0 Å². The van der Waals surface area contributed by atoms with Gasteiger partial charge < -0.3 is 16.0 Å². The summed E-state index contributed by atoms with van der Waals surface area (Å²) in [4.78, 5) is 18.8. The molecule has 0 aromatic heterocycles. The van der Waals surface area contributed by atoms with Crippen molar-refractivity contribution in [2.75, 3.05) is 18.4 Å². The van der Waals surface area contributed by atoms with E-state index < -0.39 is 0 Å². The molecule has 0 radical (unpaired) electrons. The molecule has 1 aliphatic rings. The summed E-state index contributed by atoms with van der Waals surface area (Å²) in [5.74, 6) is 0.507. The Morgan fingerprint density at radius 1 is 1.04 bits per heavy atom. The maximum atomic E-state index is 12.5. The van der Waals surface area contributed by atoms with Crippen LogP contribution in [0.3, 0.4) is 0 Å². The van der Waals surface area contributed by atoms with Gasteiger partial charge in [-0.3, -0.25) is 4.79 Å². The highest BCUT2D eigenvalue weighted by molar-refractivity contribution is 5.94. The van der Waals surface area contributed by atoms with Crippen molar-refractivity contribution in [2.45, 2.75) is 39.7 Å². The molecule has 5 heteroatoms. The Labute approximate surface area is 161 Å². The summed E-state index contributed by atoms with van der Waals surface area (Å²) in [7, 11) is 0. The van der Waals surface area contributed by atoms with Crippen LogP contribution in [0.15, 0.2) is 47.5 Å². The van der Waals surface area contributed by atoms with Crippen LogP contribution in [-0.2, 0) is 6.54 Å². The van der Waals surface area contributed by atoms with Gasteiger partial charge in [0, 0.05) is 24.3 Å². The topological polar surface area (TPSA) is 70.7 Å². The molecule has 3 rings (SSSR count). The van der Waals surface area contributed by atoms with Gasteiger partial charge in [0.1, 0.15) is 0 Å². The molecule has 1 aliphatic heterocycles. The Morgan fingerprint density at radius 3 is 2.41 bits per heavy atom. The fraction of sp³-hybridized carbons (Fsp3) is 0.364. The molecule has 1 fully saturated rings. The summed E-state index contributed by atoms with van der Waals surface area (Å²) in [6, 6.07) is 13.8. The Morgan fingerprint density at radius 2 is 1.74 bits per heavy atom. The quantitative estimate of drug-likeness (QED) is 0.639. The summed E-state index contributed by atoms with van der Waals surface area (Å²) in [6.07, 6.45) is 3.43. The number of carbonyl (C=O) groups excluding carboxylic acids is 1. The zero-order valence-corrected chi connectivity index (χ0v) is 16.2. The monoisotopic (exact) mass is 364 g/mol. The van der Waals surface area contributed by atoms with E-state index in [0.29, 0.717) is 12.5 Å². The number of hydrogen-bond acceptors (Lipinski definition) is 2. The second-order valence-electron chi connectivity index (χ2n) is 7.18. The SMILES string of the molecule is Cc1ccc(NC(N)=NCc2ccc(C(=O)N3CCCCC3)cc2)cc1C. The molecule has 3 N–H and O–H groups in total. The van der Waals surface area contributed by atoms with Crippen molar-refractivity contribution in [1.29, 1.82) is 0 Å². The number of rotatable bonds is 4. The lowest BCUT2D eigenvalue weighted by Crippen LogP contribution is -2.35. The maximum absolute atomic E-state index is 12.5. The molecule has 142 valence electrons. The highest BCUT2D eigenvalue weighted by atomic mass is 16.2. The number of amides is 1. The first-order valence-electron chi connectivity index (χ1n) is 9.55. The van der Waals surface area contributed by atoms with Crippen LogP contribution in [0.5, 0.6) is 0 Å². The summed E-state index contributed by atoms with van der Waals surface area (Å²) in [5.41, 5.74) is 11.1. The number of likely N-dealkylation sites (tertiary alicyclic amines) is 1. The van der Waals surface area contributed by atoms with E-state index in [2.05, 4.69) is 36.3 Å². The fourth-order valence-corrected chi connectivity index (χ4v) is 3.22. The Balaban J connectivity index is 1.57. The molecule has 0 aliphatic carbocycles. The van der Waals surface area contributed by atoms with Gasteiger partial charge in [0.25, 0.3) is 5.91 Å². The van der Waals surface area contributed by atoms with E-state index in [4.69, 9.17) is 5.73 Å². The van der Waals surface area contributed by atoms with Crippen molar-refractivity contribution in [3.05, 3.63) is 64.7 Å². The average molecular weight is 364 g/mol. The third-order valence-electron chi connectivity index (χ3n) is 5.06. The van der Waals surface area contributed by atoms with Crippen molar-refractivity contribution in [1.82, 2.24) is 4.90 Å². The van der Waals surface area contributed by atoms with E-state index in [0.717, 1.165) is 42.7 Å². The van der Waals surface area contributed by atoms with Crippen LogP contribution in [0.2, 0.25) is 0 Å². The number of nitrogens with two attached hydrogens (primary N) is 1. The lowest BCUT2D eigenvalue weighted by atomic mass is 10.1. The van der Waals surface area contributed by atoms with Crippen LogP contribution in [0, 0.1) is 13.8 Å². The van der Waals surface area contributed by atoms with Gasteiger partial charge in [0.15, 0.2) is 5.96 Å². The van der Waals surface area contributed by atoms with E-state index in [9.17, 15) is 4.79 Å². The molecule has 2 aromatic rings. The minimum Gasteiger partial charge on any atom is -0.370 e. The normalized spacial score (nSPS) is 14.9. The zero-order valence-electron chi connectivity index (χ0n) is 16.2. The van der Waals surface area contributed by atoms with Crippen molar-refractivity contribution >= 4 is 17.6 Å². The second kappa shape index (κ2) is 8.71. The van der Waals surface area contributed by atoms with Crippen LogP contribution >= 0.6 is 0 Å². The molecule has 5 nitrogen and oxygen atoms in total. The summed E-state index contributed by atoms with van der Waals surface area (Å²) < 4.78 is 0. The van der Waals surface area contributed by atoms with E-state index in [1.807, 2.05) is 35.2 Å². The van der Waals surface area contributed by atoms with Gasteiger partial charge in [-0.25, -0.2) is 4.99 Å². The van der Waals surface area contributed by atoms with Gasteiger partial charge in [-0.2, -0.15) is 0 Å².